The minimum atomic E-state index is 0.314. The van der Waals surface area contributed by atoms with Crippen molar-refractivity contribution in [1.29, 1.82) is 0 Å². The molecule has 0 aliphatic carbocycles. The van der Waals surface area contributed by atoms with Crippen molar-refractivity contribution in [1.82, 2.24) is 14.9 Å². The molecular formula is C26H38N4O. The van der Waals surface area contributed by atoms with Crippen molar-refractivity contribution in [3.05, 3.63) is 53.0 Å². The molecule has 0 N–H and O–H groups in total. The summed E-state index contributed by atoms with van der Waals surface area (Å²) < 4.78 is 0. The number of benzene rings is 1. The SMILES string of the molecule is CCCCCCCC(=O)N1CCN(c2nc(C)nc(CC)c2Cc2ccccc2)CC1. The summed E-state index contributed by atoms with van der Waals surface area (Å²) in [5.41, 5.74) is 3.65. The molecule has 1 fully saturated rings. The molecule has 2 heterocycles. The molecule has 5 nitrogen and oxygen atoms in total. The number of hydrogen-bond donors (Lipinski definition) is 0. The van der Waals surface area contributed by atoms with E-state index >= 15 is 0 Å². The van der Waals surface area contributed by atoms with Crippen molar-refractivity contribution >= 4 is 11.7 Å². The first-order valence-electron chi connectivity index (χ1n) is 12.0. The van der Waals surface area contributed by atoms with E-state index in [1.54, 1.807) is 0 Å². The molecule has 1 amide bonds. The van der Waals surface area contributed by atoms with Gasteiger partial charge in [-0.2, -0.15) is 0 Å². The fraction of sp³-hybridized carbons (Fsp3) is 0.577. The van der Waals surface area contributed by atoms with Crippen LogP contribution in [0.5, 0.6) is 0 Å². The predicted octanol–water partition coefficient (Wildman–Crippen LogP) is 4.95. The van der Waals surface area contributed by atoms with E-state index in [0.29, 0.717) is 12.3 Å². The quantitative estimate of drug-likeness (QED) is 0.509. The number of hydrogen-bond acceptors (Lipinski definition) is 4. The molecule has 5 heteroatoms. The molecule has 0 atom stereocenters. The number of aromatic nitrogens is 2. The molecule has 0 bridgehead atoms. The average Bonchev–Trinajstić information content (AvgIpc) is 2.80. The van der Waals surface area contributed by atoms with Crippen LogP contribution in [0.3, 0.4) is 0 Å². The summed E-state index contributed by atoms with van der Waals surface area (Å²) in [6.45, 7) is 9.60. The van der Waals surface area contributed by atoms with E-state index in [4.69, 9.17) is 9.97 Å². The number of aryl methyl sites for hydroxylation is 2. The number of piperazine rings is 1. The number of rotatable bonds is 10. The van der Waals surface area contributed by atoms with Crippen LogP contribution in [0.25, 0.3) is 0 Å². The molecule has 168 valence electrons. The fourth-order valence-corrected chi connectivity index (χ4v) is 4.38. The lowest BCUT2D eigenvalue weighted by Gasteiger charge is -2.36. The van der Waals surface area contributed by atoms with E-state index in [2.05, 4.69) is 49.1 Å². The van der Waals surface area contributed by atoms with E-state index in [-0.39, 0.29) is 0 Å². The zero-order chi connectivity index (χ0) is 22.1. The van der Waals surface area contributed by atoms with Crippen LogP contribution in [-0.2, 0) is 17.6 Å². The predicted molar refractivity (Wildman–Crippen MR) is 128 cm³/mol. The van der Waals surface area contributed by atoms with E-state index in [0.717, 1.165) is 62.8 Å². The van der Waals surface area contributed by atoms with Crippen LogP contribution in [0.4, 0.5) is 5.82 Å². The van der Waals surface area contributed by atoms with Gasteiger partial charge in [-0.15, -0.1) is 0 Å². The number of amides is 1. The summed E-state index contributed by atoms with van der Waals surface area (Å²) in [6, 6.07) is 10.6. The highest BCUT2D eigenvalue weighted by molar-refractivity contribution is 5.76. The Morgan fingerprint density at radius 1 is 0.935 bits per heavy atom. The van der Waals surface area contributed by atoms with Gasteiger partial charge in [-0.25, -0.2) is 9.97 Å². The number of carbonyl (C=O) groups excluding carboxylic acids is 1. The number of carbonyl (C=O) groups is 1. The molecule has 3 rings (SSSR count). The van der Waals surface area contributed by atoms with Crippen LogP contribution < -0.4 is 4.90 Å². The first kappa shape index (κ1) is 23.2. The standard InChI is InChI=1S/C26H38N4O/c1-4-6-7-8-12-15-25(31)29-16-18-30(19-17-29)26-23(20-22-13-10-9-11-14-22)24(5-2)27-21(3)28-26/h9-11,13-14H,4-8,12,15-20H2,1-3H3. The highest BCUT2D eigenvalue weighted by atomic mass is 16.2. The molecule has 1 aliphatic rings. The first-order valence-corrected chi connectivity index (χ1v) is 12.0. The maximum Gasteiger partial charge on any atom is 0.222 e. The Hall–Kier alpha value is -2.43. The Kier molecular flexibility index (Phi) is 8.86. The lowest BCUT2D eigenvalue weighted by molar-refractivity contribution is -0.131. The Labute approximate surface area is 187 Å². The van der Waals surface area contributed by atoms with Crippen molar-refractivity contribution in [2.24, 2.45) is 0 Å². The molecular weight excluding hydrogens is 384 g/mol. The van der Waals surface area contributed by atoms with Gasteiger partial charge in [0.1, 0.15) is 11.6 Å². The van der Waals surface area contributed by atoms with E-state index in [9.17, 15) is 4.79 Å². The smallest absolute Gasteiger partial charge is 0.222 e. The summed E-state index contributed by atoms with van der Waals surface area (Å²) in [6.07, 6.45) is 8.38. The molecule has 0 unspecified atom stereocenters. The van der Waals surface area contributed by atoms with Crippen molar-refractivity contribution in [2.45, 2.75) is 72.1 Å². The number of anilines is 1. The summed E-state index contributed by atoms with van der Waals surface area (Å²) in [7, 11) is 0. The van der Waals surface area contributed by atoms with Gasteiger partial charge in [-0.05, 0) is 25.3 Å². The molecule has 0 radical (unpaired) electrons. The molecule has 1 saturated heterocycles. The van der Waals surface area contributed by atoms with Gasteiger partial charge in [-0.1, -0.05) is 69.9 Å². The van der Waals surface area contributed by atoms with Gasteiger partial charge in [0, 0.05) is 50.3 Å². The Balaban J connectivity index is 1.65. The topological polar surface area (TPSA) is 49.3 Å². The summed E-state index contributed by atoms with van der Waals surface area (Å²) in [5, 5.41) is 0. The maximum absolute atomic E-state index is 12.6. The second-order valence-corrected chi connectivity index (χ2v) is 8.57. The maximum atomic E-state index is 12.6. The summed E-state index contributed by atoms with van der Waals surface area (Å²) in [4.78, 5) is 26.6. The normalized spacial score (nSPS) is 14.2. The van der Waals surface area contributed by atoms with E-state index in [1.165, 1.54) is 36.8 Å². The first-order chi connectivity index (χ1) is 15.1. The third kappa shape index (κ3) is 6.52. The number of unbranched alkanes of at least 4 members (excludes halogenated alkanes) is 4. The zero-order valence-corrected chi connectivity index (χ0v) is 19.6. The van der Waals surface area contributed by atoms with Gasteiger partial charge >= 0.3 is 0 Å². The zero-order valence-electron chi connectivity index (χ0n) is 19.6. The molecule has 0 saturated carbocycles. The van der Waals surface area contributed by atoms with Crippen molar-refractivity contribution in [3.63, 3.8) is 0 Å². The molecule has 0 spiro atoms. The lowest BCUT2D eigenvalue weighted by Crippen LogP contribution is -2.49. The Bertz CT molecular complexity index is 829. The Morgan fingerprint density at radius 3 is 2.32 bits per heavy atom. The van der Waals surface area contributed by atoms with Crippen LogP contribution in [-0.4, -0.2) is 47.0 Å². The van der Waals surface area contributed by atoms with E-state index < -0.39 is 0 Å². The lowest BCUT2D eigenvalue weighted by atomic mass is 10.0. The van der Waals surface area contributed by atoms with Gasteiger partial charge in [0.15, 0.2) is 0 Å². The van der Waals surface area contributed by atoms with Crippen molar-refractivity contribution in [3.8, 4) is 0 Å². The Morgan fingerprint density at radius 2 is 1.65 bits per heavy atom. The van der Waals surface area contributed by atoms with Gasteiger partial charge in [0.05, 0.1) is 0 Å². The minimum absolute atomic E-state index is 0.314. The van der Waals surface area contributed by atoms with Gasteiger partial charge in [0.2, 0.25) is 5.91 Å². The molecule has 1 aromatic heterocycles. The number of nitrogens with zero attached hydrogens (tertiary/aromatic N) is 4. The second-order valence-electron chi connectivity index (χ2n) is 8.57. The summed E-state index contributed by atoms with van der Waals surface area (Å²) in [5.74, 6) is 2.20. The molecule has 1 aliphatic heterocycles. The minimum Gasteiger partial charge on any atom is -0.353 e. The monoisotopic (exact) mass is 422 g/mol. The van der Waals surface area contributed by atoms with Gasteiger partial charge in [-0.3, -0.25) is 4.79 Å². The highest BCUT2D eigenvalue weighted by Gasteiger charge is 2.25. The third-order valence-corrected chi connectivity index (χ3v) is 6.17. The molecule has 31 heavy (non-hydrogen) atoms. The highest BCUT2D eigenvalue weighted by Crippen LogP contribution is 2.26. The van der Waals surface area contributed by atoms with Crippen LogP contribution in [0.1, 0.15) is 75.0 Å². The summed E-state index contributed by atoms with van der Waals surface area (Å²) >= 11 is 0. The van der Waals surface area contributed by atoms with Crippen LogP contribution in [0.15, 0.2) is 30.3 Å². The molecule has 2 aromatic rings. The average molecular weight is 423 g/mol. The van der Waals surface area contributed by atoms with Gasteiger partial charge < -0.3 is 9.80 Å². The molecule has 1 aromatic carbocycles. The van der Waals surface area contributed by atoms with E-state index in [1.807, 2.05) is 11.8 Å². The van der Waals surface area contributed by atoms with Crippen molar-refractivity contribution in [2.75, 3.05) is 31.1 Å². The third-order valence-electron chi connectivity index (χ3n) is 6.17. The van der Waals surface area contributed by atoms with Crippen molar-refractivity contribution < 1.29 is 4.79 Å². The van der Waals surface area contributed by atoms with Crippen LogP contribution in [0.2, 0.25) is 0 Å². The van der Waals surface area contributed by atoms with Gasteiger partial charge in [0.25, 0.3) is 0 Å². The fourth-order valence-electron chi connectivity index (χ4n) is 4.38. The van der Waals surface area contributed by atoms with Crippen LogP contribution in [0, 0.1) is 6.92 Å². The largest absolute Gasteiger partial charge is 0.353 e. The van der Waals surface area contributed by atoms with Crippen LogP contribution >= 0.6 is 0 Å². The second kappa shape index (κ2) is 11.8.